The van der Waals surface area contributed by atoms with Crippen molar-refractivity contribution in [3.63, 3.8) is 0 Å². The Kier molecular flexibility index (Phi) is 6.10. The number of carbonyl (C=O) groups is 2. The highest BCUT2D eigenvalue weighted by Gasteiger charge is 2.18. The Morgan fingerprint density at radius 1 is 1.04 bits per heavy atom. The second kappa shape index (κ2) is 7.88. The van der Waals surface area contributed by atoms with Crippen LogP contribution in [0.4, 0.5) is 11.4 Å². The van der Waals surface area contributed by atoms with Gasteiger partial charge in [0.05, 0.1) is 10.7 Å². The van der Waals surface area contributed by atoms with E-state index in [2.05, 4.69) is 5.32 Å². The fraction of sp³-hybridized carbons (Fsp3) is 0.176. The van der Waals surface area contributed by atoms with Crippen LogP contribution < -0.4 is 10.2 Å². The molecule has 1 N–H and O–H groups in total. The lowest BCUT2D eigenvalue weighted by molar-refractivity contribution is -0.120. The van der Waals surface area contributed by atoms with Gasteiger partial charge in [-0.3, -0.25) is 9.59 Å². The Morgan fingerprint density at radius 3 is 2.29 bits per heavy atom. The molecule has 0 bridgehead atoms. The van der Waals surface area contributed by atoms with Gasteiger partial charge in [0, 0.05) is 22.7 Å². The first-order valence-electron chi connectivity index (χ1n) is 7.07. The number of benzene rings is 2. The molecule has 0 heterocycles. The lowest BCUT2D eigenvalue weighted by Gasteiger charge is -2.23. The van der Waals surface area contributed by atoms with E-state index in [1.807, 2.05) is 6.92 Å². The summed E-state index contributed by atoms with van der Waals surface area (Å²) in [5.74, 6) is -0.642. The zero-order chi connectivity index (χ0) is 17.9. The number of anilines is 2. The van der Waals surface area contributed by atoms with Gasteiger partial charge in [-0.25, -0.2) is 0 Å². The topological polar surface area (TPSA) is 49.4 Å². The maximum Gasteiger partial charge on any atom is 0.244 e. The fourth-order valence-electron chi connectivity index (χ4n) is 2.21. The van der Waals surface area contributed by atoms with E-state index in [9.17, 15) is 9.59 Å². The van der Waals surface area contributed by atoms with E-state index in [0.717, 1.165) is 5.56 Å². The molecular formula is C17H15Cl3N2O2. The molecule has 0 aliphatic carbocycles. The highest BCUT2D eigenvalue weighted by atomic mass is 35.5. The number of halogens is 3. The number of rotatable bonds is 4. The minimum Gasteiger partial charge on any atom is -0.323 e. The number of nitrogens with one attached hydrogen (secondary N) is 1. The number of aryl methyl sites for hydroxylation is 1. The van der Waals surface area contributed by atoms with Gasteiger partial charge in [-0.05, 0) is 48.9 Å². The van der Waals surface area contributed by atoms with Gasteiger partial charge in [0.2, 0.25) is 11.8 Å². The Morgan fingerprint density at radius 2 is 1.67 bits per heavy atom. The third-order valence-corrected chi connectivity index (χ3v) is 4.13. The average molecular weight is 386 g/mol. The summed E-state index contributed by atoms with van der Waals surface area (Å²) in [7, 11) is 0. The van der Waals surface area contributed by atoms with E-state index >= 15 is 0 Å². The van der Waals surface area contributed by atoms with Crippen molar-refractivity contribution in [1.29, 1.82) is 0 Å². The van der Waals surface area contributed by atoms with E-state index in [1.165, 1.54) is 11.8 Å². The smallest absolute Gasteiger partial charge is 0.244 e. The molecule has 0 atom stereocenters. The van der Waals surface area contributed by atoms with Gasteiger partial charge in [-0.1, -0.05) is 34.8 Å². The number of carbonyl (C=O) groups excluding carboxylic acids is 2. The number of hydrogen-bond donors (Lipinski definition) is 1. The van der Waals surface area contributed by atoms with Crippen LogP contribution in [0.1, 0.15) is 12.5 Å². The Balaban J connectivity index is 2.20. The van der Waals surface area contributed by atoms with Crippen molar-refractivity contribution in [2.45, 2.75) is 13.8 Å². The van der Waals surface area contributed by atoms with Crippen molar-refractivity contribution < 1.29 is 9.59 Å². The Hall–Kier alpha value is -1.75. The maximum absolute atomic E-state index is 12.3. The standard InChI is InChI=1S/C17H15Cl3N2O2/c1-10-7-12(18)4-6-16(10)22(11(2)23)9-17(24)21-15-8-13(19)3-5-14(15)20/h3-8H,9H2,1-2H3,(H,21,24). The second-order valence-electron chi connectivity index (χ2n) is 5.21. The molecule has 2 aromatic carbocycles. The predicted molar refractivity (Wildman–Crippen MR) is 99.3 cm³/mol. The maximum atomic E-state index is 12.3. The predicted octanol–water partition coefficient (Wildman–Crippen LogP) is 4.95. The molecule has 2 aromatic rings. The summed E-state index contributed by atoms with van der Waals surface area (Å²) in [6.07, 6.45) is 0. The van der Waals surface area contributed by atoms with Gasteiger partial charge < -0.3 is 10.2 Å². The largest absolute Gasteiger partial charge is 0.323 e. The third-order valence-electron chi connectivity index (χ3n) is 3.33. The van der Waals surface area contributed by atoms with Gasteiger partial charge in [0.1, 0.15) is 6.54 Å². The fourth-order valence-corrected chi connectivity index (χ4v) is 2.78. The van der Waals surface area contributed by atoms with Crippen LogP contribution in [0.2, 0.25) is 15.1 Å². The molecule has 0 aliphatic heterocycles. The molecule has 0 radical (unpaired) electrons. The van der Waals surface area contributed by atoms with Crippen molar-refractivity contribution >= 4 is 58.0 Å². The zero-order valence-corrected chi connectivity index (χ0v) is 15.3. The van der Waals surface area contributed by atoms with Crippen LogP contribution in [0.3, 0.4) is 0 Å². The van der Waals surface area contributed by atoms with Gasteiger partial charge in [-0.2, -0.15) is 0 Å². The molecule has 0 aromatic heterocycles. The molecule has 0 spiro atoms. The van der Waals surface area contributed by atoms with Gasteiger partial charge in [-0.15, -0.1) is 0 Å². The van der Waals surface area contributed by atoms with E-state index in [-0.39, 0.29) is 18.4 Å². The van der Waals surface area contributed by atoms with Gasteiger partial charge >= 0.3 is 0 Å². The molecule has 126 valence electrons. The molecule has 0 saturated carbocycles. The Bertz CT molecular complexity index is 793. The first-order chi connectivity index (χ1) is 11.3. The SMILES string of the molecule is CC(=O)N(CC(=O)Nc1cc(Cl)ccc1Cl)c1ccc(Cl)cc1C. The highest BCUT2D eigenvalue weighted by Crippen LogP contribution is 2.26. The van der Waals surface area contributed by atoms with Crippen molar-refractivity contribution in [1.82, 2.24) is 0 Å². The minimum atomic E-state index is -0.385. The molecule has 2 amide bonds. The van der Waals surface area contributed by atoms with Crippen LogP contribution >= 0.6 is 34.8 Å². The summed E-state index contributed by atoms with van der Waals surface area (Å²) >= 11 is 17.9. The average Bonchev–Trinajstić information content (AvgIpc) is 2.49. The second-order valence-corrected chi connectivity index (χ2v) is 6.49. The summed E-state index contributed by atoms with van der Waals surface area (Å²) in [5.41, 5.74) is 1.82. The number of hydrogen-bond acceptors (Lipinski definition) is 2. The first kappa shape index (κ1) is 18.6. The summed E-state index contributed by atoms with van der Waals surface area (Å²) in [5, 5.41) is 4.04. The normalized spacial score (nSPS) is 10.4. The molecule has 0 saturated heterocycles. The van der Waals surface area contributed by atoms with Crippen LogP contribution in [0, 0.1) is 6.92 Å². The summed E-state index contributed by atoms with van der Waals surface area (Å²) in [6, 6.07) is 9.88. The number of amides is 2. The van der Waals surface area contributed by atoms with Gasteiger partial charge in [0.15, 0.2) is 0 Å². The quantitative estimate of drug-likeness (QED) is 0.810. The monoisotopic (exact) mass is 384 g/mol. The minimum absolute atomic E-state index is 0.152. The third kappa shape index (κ3) is 4.63. The van der Waals surface area contributed by atoms with Crippen LogP contribution in [0.25, 0.3) is 0 Å². The molecule has 2 rings (SSSR count). The van der Waals surface area contributed by atoms with E-state index in [4.69, 9.17) is 34.8 Å². The van der Waals surface area contributed by atoms with Crippen molar-refractivity contribution in [2.75, 3.05) is 16.8 Å². The van der Waals surface area contributed by atoms with Crippen LogP contribution in [-0.2, 0) is 9.59 Å². The van der Waals surface area contributed by atoms with Crippen LogP contribution in [0.5, 0.6) is 0 Å². The first-order valence-corrected chi connectivity index (χ1v) is 8.20. The van der Waals surface area contributed by atoms with Crippen LogP contribution in [-0.4, -0.2) is 18.4 Å². The van der Waals surface area contributed by atoms with E-state index in [1.54, 1.807) is 36.4 Å². The summed E-state index contributed by atoms with van der Waals surface area (Å²) in [4.78, 5) is 25.6. The van der Waals surface area contributed by atoms with E-state index in [0.29, 0.717) is 26.4 Å². The molecule has 4 nitrogen and oxygen atoms in total. The molecule has 7 heteroatoms. The summed E-state index contributed by atoms with van der Waals surface area (Å²) < 4.78 is 0. The molecule has 0 unspecified atom stereocenters. The highest BCUT2D eigenvalue weighted by molar-refractivity contribution is 6.35. The van der Waals surface area contributed by atoms with Gasteiger partial charge in [0.25, 0.3) is 0 Å². The molecule has 0 fully saturated rings. The summed E-state index contributed by atoms with van der Waals surface area (Å²) in [6.45, 7) is 3.07. The molecule has 24 heavy (non-hydrogen) atoms. The number of nitrogens with zero attached hydrogens (tertiary/aromatic N) is 1. The van der Waals surface area contributed by atoms with Crippen molar-refractivity contribution in [3.05, 3.63) is 57.0 Å². The van der Waals surface area contributed by atoms with Crippen molar-refractivity contribution in [2.24, 2.45) is 0 Å². The zero-order valence-electron chi connectivity index (χ0n) is 13.1. The van der Waals surface area contributed by atoms with Crippen LogP contribution in [0.15, 0.2) is 36.4 Å². The molecule has 0 aliphatic rings. The molecular weight excluding hydrogens is 371 g/mol. The van der Waals surface area contributed by atoms with E-state index < -0.39 is 0 Å². The lowest BCUT2D eigenvalue weighted by atomic mass is 10.1. The lowest BCUT2D eigenvalue weighted by Crippen LogP contribution is -2.37. The Labute approximate surface area is 155 Å². The van der Waals surface area contributed by atoms with Crippen molar-refractivity contribution in [3.8, 4) is 0 Å².